The molecule has 2 heterocycles. The van der Waals surface area contributed by atoms with Crippen molar-refractivity contribution >= 4 is 33.5 Å². The van der Waals surface area contributed by atoms with Crippen LogP contribution in [0.15, 0.2) is 23.6 Å². The van der Waals surface area contributed by atoms with E-state index in [9.17, 15) is 20.2 Å². The summed E-state index contributed by atoms with van der Waals surface area (Å²) in [5, 5.41) is 28.4. The van der Waals surface area contributed by atoms with Crippen molar-refractivity contribution in [2.75, 3.05) is 23.3 Å². The highest BCUT2D eigenvalue weighted by molar-refractivity contribution is 7.13. The Balaban J connectivity index is 1.70. The Kier molecular flexibility index (Phi) is 4.79. The predicted molar refractivity (Wildman–Crippen MR) is 95.5 cm³/mol. The molecule has 0 spiro atoms. The molecule has 1 fully saturated rings. The summed E-state index contributed by atoms with van der Waals surface area (Å²) in [7, 11) is 0. The van der Waals surface area contributed by atoms with Crippen molar-refractivity contribution in [3.8, 4) is 0 Å². The van der Waals surface area contributed by atoms with E-state index in [1.165, 1.54) is 12.1 Å². The van der Waals surface area contributed by atoms with Crippen LogP contribution in [-0.4, -0.2) is 34.0 Å². The molecular weight excluding hydrogens is 346 g/mol. The minimum absolute atomic E-state index is 0.226. The average Bonchev–Trinajstić information content (AvgIpc) is 3.00. The highest BCUT2D eigenvalue weighted by atomic mass is 32.1. The summed E-state index contributed by atoms with van der Waals surface area (Å²) in [5.41, 5.74) is 0.910. The normalized spacial score (nSPS) is 15.2. The van der Waals surface area contributed by atoms with E-state index in [0.717, 1.165) is 29.7 Å². The summed E-state index contributed by atoms with van der Waals surface area (Å²) in [6.07, 6.45) is 1.62. The zero-order valence-corrected chi connectivity index (χ0v) is 14.4. The van der Waals surface area contributed by atoms with Gasteiger partial charge in [0, 0.05) is 30.6 Å². The molecule has 9 nitrogen and oxygen atoms in total. The van der Waals surface area contributed by atoms with Gasteiger partial charge in [-0.1, -0.05) is 0 Å². The number of nitro benzene ring substituents is 2. The summed E-state index contributed by atoms with van der Waals surface area (Å²) >= 11 is 1.56. The molecule has 1 aromatic carbocycles. The van der Waals surface area contributed by atoms with Gasteiger partial charge < -0.3 is 10.2 Å². The molecule has 1 aliphatic heterocycles. The van der Waals surface area contributed by atoms with Gasteiger partial charge in [-0.3, -0.25) is 20.2 Å². The minimum Gasteiger partial charge on any atom is -0.366 e. The number of aromatic nitrogens is 1. The standard InChI is InChI=1S/C15H17N5O4S/c1-10-9-25-15(16-10)17-11-4-6-18(7-5-11)13-3-2-12(19(21)22)8-14(13)20(23)24/h2-3,8-9,11H,4-7H2,1H3,(H,16,17). The SMILES string of the molecule is Cc1csc(NC2CCN(c3ccc([N+](=O)[O-])cc3[N+](=O)[O-])CC2)n1. The molecule has 1 aromatic heterocycles. The molecule has 1 N–H and O–H groups in total. The number of nitro groups is 2. The Hall–Kier alpha value is -2.75. The van der Waals surface area contributed by atoms with Crippen LogP contribution in [0.1, 0.15) is 18.5 Å². The van der Waals surface area contributed by atoms with Gasteiger partial charge in [0.1, 0.15) is 5.69 Å². The average molecular weight is 363 g/mol. The fraction of sp³-hybridized carbons (Fsp3) is 0.400. The lowest BCUT2D eigenvalue weighted by Crippen LogP contribution is -2.39. The summed E-state index contributed by atoms with van der Waals surface area (Å²) < 4.78 is 0. The van der Waals surface area contributed by atoms with Gasteiger partial charge >= 0.3 is 0 Å². The highest BCUT2D eigenvalue weighted by Gasteiger charge is 2.27. The van der Waals surface area contributed by atoms with Crippen molar-refractivity contribution in [2.24, 2.45) is 0 Å². The summed E-state index contributed by atoms with van der Waals surface area (Å²) in [4.78, 5) is 27.2. The molecule has 0 amide bonds. The lowest BCUT2D eigenvalue weighted by molar-refractivity contribution is -0.393. The van der Waals surface area contributed by atoms with Gasteiger partial charge in [0.15, 0.2) is 5.13 Å². The van der Waals surface area contributed by atoms with E-state index >= 15 is 0 Å². The molecule has 132 valence electrons. The maximum atomic E-state index is 11.3. The molecule has 1 saturated heterocycles. The second-order valence-corrected chi connectivity index (χ2v) is 6.75. The maximum Gasteiger partial charge on any atom is 0.299 e. The number of anilines is 2. The van der Waals surface area contributed by atoms with Gasteiger partial charge in [-0.25, -0.2) is 4.98 Å². The molecular formula is C15H17N5O4S. The number of nitrogens with zero attached hydrogens (tertiary/aromatic N) is 4. The molecule has 10 heteroatoms. The number of benzene rings is 1. The monoisotopic (exact) mass is 363 g/mol. The Morgan fingerprint density at radius 1 is 1.24 bits per heavy atom. The number of piperidine rings is 1. The lowest BCUT2D eigenvalue weighted by Gasteiger charge is -2.33. The van der Waals surface area contributed by atoms with E-state index in [-0.39, 0.29) is 17.4 Å². The number of rotatable bonds is 5. The van der Waals surface area contributed by atoms with E-state index in [0.29, 0.717) is 18.8 Å². The fourth-order valence-electron chi connectivity index (χ4n) is 2.90. The van der Waals surface area contributed by atoms with Crippen LogP contribution in [0.25, 0.3) is 0 Å². The Morgan fingerprint density at radius 3 is 2.52 bits per heavy atom. The number of hydrogen-bond acceptors (Lipinski definition) is 8. The van der Waals surface area contributed by atoms with E-state index in [4.69, 9.17) is 0 Å². The van der Waals surface area contributed by atoms with Crippen molar-refractivity contribution in [3.63, 3.8) is 0 Å². The number of nitrogens with one attached hydrogen (secondary N) is 1. The Morgan fingerprint density at radius 2 is 1.96 bits per heavy atom. The quantitative estimate of drug-likeness (QED) is 0.640. The van der Waals surface area contributed by atoms with Crippen LogP contribution < -0.4 is 10.2 Å². The molecule has 0 aliphatic carbocycles. The van der Waals surface area contributed by atoms with Gasteiger partial charge in [-0.05, 0) is 25.8 Å². The van der Waals surface area contributed by atoms with Gasteiger partial charge in [0.05, 0.1) is 21.6 Å². The molecule has 1 aliphatic rings. The summed E-state index contributed by atoms with van der Waals surface area (Å²) in [6, 6.07) is 4.07. The smallest absolute Gasteiger partial charge is 0.299 e. The topological polar surface area (TPSA) is 114 Å². The molecule has 25 heavy (non-hydrogen) atoms. The van der Waals surface area contributed by atoms with Gasteiger partial charge in [0.25, 0.3) is 11.4 Å². The van der Waals surface area contributed by atoms with Gasteiger partial charge in [-0.15, -0.1) is 11.3 Å². The van der Waals surface area contributed by atoms with E-state index in [1.807, 2.05) is 17.2 Å². The van der Waals surface area contributed by atoms with E-state index in [1.54, 1.807) is 11.3 Å². The predicted octanol–water partition coefficient (Wildman–Crippen LogP) is 3.35. The molecule has 0 bridgehead atoms. The minimum atomic E-state index is -0.622. The van der Waals surface area contributed by atoms with Crippen LogP contribution in [-0.2, 0) is 0 Å². The lowest BCUT2D eigenvalue weighted by atomic mass is 10.0. The molecule has 0 unspecified atom stereocenters. The Bertz CT molecular complexity index is 801. The molecule has 0 radical (unpaired) electrons. The van der Waals surface area contributed by atoms with Crippen molar-refractivity contribution in [2.45, 2.75) is 25.8 Å². The molecule has 0 atom stereocenters. The van der Waals surface area contributed by atoms with E-state index in [2.05, 4.69) is 10.3 Å². The zero-order valence-electron chi connectivity index (χ0n) is 13.5. The molecule has 2 aromatic rings. The van der Waals surface area contributed by atoms with Crippen LogP contribution >= 0.6 is 11.3 Å². The second kappa shape index (κ2) is 7.01. The third-order valence-corrected chi connectivity index (χ3v) is 5.04. The summed E-state index contributed by atoms with van der Waals surface area (Å²) in [6.45, 7) is 3.22. The summed E-state index contributed by atoms with van der Waals surface area (Å²) in [5.74, 6) is 0. The number of aryl methyl sites for hydroxylation is 1. The molecule has 3 rings (SSSR count). The Labute approximate surface area is 147 Å². The van der Waals surface area contributed by atoms with Crippen LogP contribution in [0.3, 0.4) is 0 Å². The van der Waals surface area contributed by atoms with Crippen molar-refractivity contribution in [1.29, 1.82) is 0 Å². The van der Waals surface area contributed by atoms with Crippen LogP contribution in [0.4, 0.5) is 22.2 Å². The number of hydrogen-bond donors (Lipinski definition) is 1. The van der Waals surface area contributed by atoms with Crippen LogP contribution in [0.5, 0.6) is 0 Å². The third-order valence-electron chi connectivity index (χ3n) is 4.15. The zero-order chi connectivity index (χ0) is 18.0. The number of non-ortho nitro benzene ring substituents is 1. The number of thiazole rings is 1. The third kappa shape index (κ3) is 3.85. The van der Waals surface area contributed by atoms with Crippen molar-refractivity contribution in [3.05, 3.63) is 49.5 Å². The van der Waals surface area contributed by atoms with Gasteiger partial charge in [-0.2, -0.15) is 0 Å². The fourth-order valence-corrected chi connectivity index (χ4v) is 3.66. The maximum absolute atomic E-state index is 11.3. The largest absolute Gasteiger partial charge is 0.366 e. The first kappa shape index (κ1) is 17.1. The second-order valence-electron chi connectivity index (χ2n) is 5.89. The first-order valence-electron chi connectivity index (χ1n) is 7.80. The van der Waals surface area contributed by atoms with Gasteiger partial charge in [0.2, 0.25) is 0 Å². The highest BCUT2D eigenvalue weighted by Crippen LogP contribution is 2.34. The van der Waals surface area contributed by atoms with E-state index < -0.39 is 9.85 Å². The molecule has 0 saturated carbocycles. The first-order chi connectivity index (χ1) is 11.9. The van der Waals surface area contributed by atoms with Crippen molar-refractivity contribution < 1.29 is 9.85 Å². The van der Waals surface area contributed by atoms with Crippen LogP contribution in [0.2, 0.25) is 0 Å². The first-order valence-corrected chi connectivity index (χ1v) is 8.68. The van der Waals surface area contributed by atoms with Crippen molar-refractivity contribution in [1.82, 2.24) is 4.98 Å². The van der Waals surface area contributed by atoms with Crippen LogP contribution in [0, 0.1) is 27.2 Å².